The SMILES string of the molecule is O=C(Nc1ccccc1-c1cn2c(n1)SCC2)C1CC2C=CC1C2. The van der Waals surface area contributed by atoms with Gasteiger partial charge in [-0.15, -0.1) is 0 Å². The molecule has 3 aliphatic rings. The Hall–Kier alpha value is -2.01. The first kappa shape index (κ1) is 14.3. The van der Waals surface area contributed by atoms with Crippen molar-refractivity contribution in [3.05, 3.63) is 42.6 Å². The van der Waals surface area contributed by atoms with Gasteiger partial charge in [0.25, 0.3) is 0 Å². The summed E-state index contributed by atoms with van der Waals surface area (Å²) < 4.78 is 2.19. The van der Waals surface area contributed by atoms with Gasteiger partial charge in [0.2, 0.25) is 5.91 Å². The molecule has 122 valence electrons. The summed E-state index contributed by atoms with van der Waals surface area (Å²) in [7, 11) is 0. The molecule has 1 aromatic heterocycles. The maximum Gasteiger partial charge on any atom is 0.228 e. The third kappa shape index (κ3) is 2.30. The molecule has 1 fully saturated rings. The van der Waals surface area contributed by atoms with Crippen LogP contribution in [-0.4, -0.2) is 21.2 Å². The van der Waals surface area contributed by atoms with Crippen LogP contribution in [0, 0.1) is 17.8 Å². The monoisotopic (exact) mass is 337 g/mol. The van der Waals surface area contributed by atoms with Crippen molar-refractivity contribution in [2.24, 2.45) is 17.8 Å². The number of imidazole rings is 1. The van der Waals surface area contributed by atoms with Crippen molar-refractivity contribution in [1.82, 2.24) is 9.55 Å². The minimum absolute atomic E-state index is 0.121. The fourth-order valence-electron chi connectivity index (χ4n) is 4.16. The average molecular weight is 337 g/mol. The van der Waals surface area contributed by atoms with Crippen molar-refractivity contribution in [3.8, 4) is 11.3 Å². The van der Waals surface area contributed by atoms with E-state index in [2.05, 4.69) is 28.2 Å². The number of aryl methyl sites for hydroxylation is 1. The van der Waals surface area contributed by atoms with Crippen LogP contribution in [0.25, 0.3) is 11.3 Å². The number of rotatable bonds is 3. The molecular formula is C19H19N3OS. The van der Waals surface area contributed by atoms with E-state index in [1.807, 2.05) is 24.3 Å². The predicted molar refractivity (Wildman–Crippen MR) is 95.9 cm³/mol. The molecule has 1 N–H and O–H groups in total. The zero-order valence-electron chi connectivity index (χ0n) is 13.3. The first-order valence-electron chi connectivity index (χ1n) is 8.56. The highest BCUT2D eigenvalue weighted by atomic mass is 32.2. The third-order valence-corrected chi connectivity index (χ3v) is 6.35. The van der Waals surface area contributed by atoms with Gasteiger partial charge >= 0.3 is 0 Å². The number of thioether (sulfide) groups is 1. The number of fused-ring (bicyclic) bond motifs is 3. The van der Waals surface area contributed by atoms with Crippen LogP contribution >= 0.6 is 11.8 Å². The van der Waals surface area contributed by atoms with Crippen LogP contribution in [0.3, 0.4) is 0 Å². The van der Waals surface area contributed by atoms with Crippen LogP contribution in [0.2, 0.25) is 0 Å². The maximum absolute atomic E-state index is 12.8. The normalized spacial score (nSPS) is 26.8. The van der Waals surface area contributed by atoms with E-state index in [0.717, 1.165) is 47.2 Å². The molecule has 3 unspecified atom stereocenters. The van der Waals surface area contributed by atoms with E-state index >= 15 is 0 Å². The molecular weight excluding hydrogens is 318 g/mol. The first-order chi connectivity index (χ1) is 11.8. The molecule has 0 spiro atoms. The van der Waals surface area contributed by atoms with Gasteiger partial charge in [0, 0.05) is 30.0 Å². The van der Waals surface area contributed by atoms with E-state index in [0.29, 0.717) is 11.8 Å². The molecule has 2 aliphatic carbocycles. The van der Waals surface area contributed by atoms with E-state index < -0.39 is 0 Å². The van der Waals surface area contributed by atoms with Gasteiger partial charge in [-0.3, -0.25) is 4.79 Å². The van der Waals surface area contributed by atoms with E-state index in [4.69, 9.17) is 4.98 Å². The Morgan fingerprint density at radius 2 is 2.17 bits per heavy atom. The van der Waals surface area contributed by atoms with Gasteiger partial charge in [0.05, 0.1) is 11.4 Å². The Morgan fingerprint density at radius 1 is 1.25 bits per heavy atom. The zero-order chi connectivity index (χ0) is 16.1. The number of hydrogen-bond donors (Lipinski definition) is 1. The predicted octanol–water partition coefficient (Wildman–Crippen LogP) is 3.81. The highest BCUT2D eigenvalue weighted by Crippen LogP contribution is 2.44. The fourth-order valence-corrected chi connectivity index (χ4v) is 5.11. The Labute approximate surface area is 145 Å². The molecule has 5 rings (SSSR count). The number of hydrogen-bond acceptors (Lipinski definition) is 3. The van der Waals surface area contributed by atoms with Crippen molar-refractivity contribution < 1.29 is 4.79 Å². The molecule has 4 nitrogen and oxygen atoms in total. The third-order valence-electron chi connectivity index (χ3n) is 5.38. The molecule has 1 saturated carbocycles. The second-order valence-electron chi connectivity index (χ2n) is 6.87. The number of benzene rings is 1. The smallest absolute Gasteiger partial charge is 0.228 e. The summed E-state index contributed by atoms with van der Waals surface area (Å²) in [6.45, 7) is 1.01. The van der Waals surface area contributed by atoms with Gasteiger partial charge in [-0.05, 0) is 30.7 Å². The molecule has 3 atom stereocenters. The summed E-state index contributed by atoms with van der Waals surface area (Å²) in [5, 5.41) is 4.25. The summed E-state index contributed by atoms with van der Waals surface area (Å²) in [6, 6.07) is 7.99. The van der Waals surface area contributed by atoms with E-state index in [1.165, 1.54) is 0 Å². The number of carbonyl (C=O) groups is 1. The van der Waals surface area contributed by atoms with Crippen LogP contribution in [0.5, 0.6) is 0 Å². The molecule has 24 heavy (non-hydrogen) atoms. The summed E-state index contributed by atoms with van der Waals surface area (Å²) in [5.74, 6) is 2.40. The minimum atomic E-state index is 0.121. The van der Waals surface area contributed by atoms with Gasteiger partial charge in [-0.2, -0.15) is 0 Å². The molecule has 1 aliphatic heterocycles. The number of amides is 1. The number of aromatic nitrogens is 2. The lowest BCUT2D eigenvalue weighted by atomic mass is 9.92. The number of allylic oxidation sites excluding steroid dienone is 2. The lowest BCUT2D eigenvalue weighted by Gasteiger charge is -2.18. The van der Waals surface area contributed by atoms with Gasteiger partial charge < -0.3 is 9.88 Å². The van der Waals surface area contributed by atoms with Gasteiger partial charge in [0.1, 0.15) is 0 Å². The quantitative estimate of drug-likeness (QED) is 0.867. The molecule has 2 bridgehead atoms. The molecule has 0 saturated heterocycles. The largest absolute Gasteiger partial charge is 0.325 e. The zero-order valence-corrected chi connectivity index (χ0v) is 14.1. The Balaban J connectivity index is 1.42. The van der Waals surface area contributed by atoms with E-state index in [1.54, 1.807) is 11.8 Å². The highest BCUT2D eigenvalue weighted by Gasteiger charge is 2.39. The van der Waals surface area contributed by atoms with Crippen LogP contribution in [0.4, 0.5) is 5.69 Å². The van der Waals surface area contributed by atoms with Crippen LogP contribution in [0.1, 0.15) is 12.8 Å². The van der Waals surface area contributed by atoms with Crippen LogP contribution in [0.15, 0.2) is 47.8 Å². The standard InChI is InChI=1S/C19H19N3OS/c23-18(15-10-12-5-6-13(15)9-12)20-16-4-2-1-3-14(16)17-11-22-7-8-24-19(22)21-17/h1-6,11-13,15H,7-10H2,(H,20,23). The number of para-hydroxylation sites is 1. The number of nitrogens with zero attached hydrogens (tertiary/aromatic N) is 2. The van der Waals surface area contributed by atoms with Crippen molar-refractivity contribution in [1.29, 1.82) is 0 Å². The second-order valence-corrected chi connectivity index (χ2v) is 7.93. The molecule has 0 radical (unpaired) electrons. The Morgan fingerprint density at radius 3 is 2.96 bits per heavy atom. The Bertz CT molecular complexity index is 819. The van der Waals surface area contributed by atoms with Gasteiger partial charge in [-0.25, -0.2) is 4.98 Å². The molecule has 5 heteroatoms. The second kappa shape index (κ2) is 5.52. The van der Waals surface area contributed by atoms with Crippen molar-refractivity contribution in [2.45, 2.75) is 24.5 Å². The number of nitrogens with one attached hydrogen (secondary N) is 1. The number of anilines is 1. The molecule has 2 heterocycles. The molecule has 2 aromatic rings. The summed E-state index contributed by atoms with van der Waals surface area (Å²) in [4.78, 5) is 17.5. The van der Waals surface area contributed by atoms with Crippen LogP contribution in [-0.2, 0) is 11.3 Å². The lowest BCUT2D eigenvalue weighted by Crippen LogP contribution is -2.26. The Kier molecular flexibility index (Phi) is 3.30. The number of carbonyl (C=O) groups excluding carboxylic acids is 1. The van der Waals surface area contributed by atoms with Crippen molar-refractivity contribution in [3.63, 3.8) is 0 Å². The maximum atomic E-state index is 12.8. The topological polar surface area (TPSA) is 46.9 Å². The van der Waals surface area contributed by atoms with Crippen molar-refractivity contribution >= 4 is 23.4 Å². The molecule has 1 amide bonds. The van der Waals surface area contributed by atoms with E-state index in [9.17, 15) is 4.79 Å². The average Bonchev–Trinajstić information content (AvgIpc) is 3.35. The van der Waals surface area contributed by atoms with Crippen LogP contribution < -0.4 is 5.32 Å². The first-order valence-corrected chi connectivity index (χ1v) is 9.55. The summed E-state index contributed by atoms with van der Waals surface area (Å²) >= 11 is 1.79. The molecule has 1 aromatic carbocycles. The van der Waals surface area contributed by atoms with E-state index in [-0.39, 0.29) is 11.8 Å². The summed E-state index contributed by atoms with van der Waals surface area (Å²) in [6.07, 6.45) is 8.73. The summed E-state index contributed by atoms with van der Waals surface area (Å²) in [5.41, 5.74) is 2.82. The highest BCUT2D eigenvalue weighted by molar-refractivity contribution is 7.99. The minimum Gasteiger partial charge on any atom is -0.325 e. The van der Waals surface area contributed by atoms with Gasteiger partial charge in [0.15, 0.2) is 5.16 Å². The van der Waals surface area contributed by atoms with Gasteiger partial charge in [-0.1, -0.05) is 42.1 Å². The van der Waals surface area contributed by atoms with Crippen molar-refractivity contribution in [2.75, 3.05) is 11.1 Å². The lowest BCUT2D eigenvalue weighted by molar-refractivity contribution is -0.120. The fraction of sp³-hybridized carbons (Fsp3) is 0.368.